The largest absolute Gasteiger partial charge is 0.705 e. The maximum absolute atomic E-state index is 11.6. The predicted molar refractivity (Wildman–Crippen MR) is 112 cm³/mol. The third-order valence-corrected chi connectivity index (χ3v) is 7.00. The molecule has 1 N–H and O–H groups in total. The molecule has 0 saturated heterocycles. The summed E-state index contributed by atoms with van der Waals surface area (Å²) >= 11 is 0. The first-order valence-corrected chi connectivity index (χ1v) is 11.5. The molecule has 162 valence electrons. The van der Waals surface area contributed by atoms with Gasteiger partial charge in [-0.1, -0.05) is 18.2 Å². The van der Waals surface area contributed by atoms with Crippen LogP contribution in [0.3, 0.4) is 0 Å². The SMILES string of the molecule is CC(=O)O[Si](CCCc1cc(O)ccc1-c1ccc(C#N)cc1)(OC(C)=O)OC(C)=O. The Hall–Kier alpha value is -3.64. The molecule has 0 bridgehead atoms. The van der Waals surface area contributed by atoms with Crippen LogP contribution in [-0.2, 0) is 34.1 Å². The average molecular weight is 442 g/mol. The lowest BCUT2D eigenvalue weighted by atomic mass is 9.96. The van der Waals surface area contributed by atoms with Gasteiger partial charge in [0.1, 0.15) is 5.75 Å². The number of rotatable bonds is 8. The minimum absolute atomic E-state index is 0.0359. The van der Waals surface area contributed by atoms with Gasteiger partial charge in [-0.25, -0.2) is 0 Å². The highest BCUT2D eigenvalue weighted by Crippen LogP contribution is 2.30. The van der Waals surface area contributed by atoms with Gasteiger partial charge in [-0.05, 0) is 53.8 Å². The van der Waals surface area contributed by atoms with E-state index in [1.54, 1.807) is 30.3 Å². The van der Waals surface area contributed by atoms with Gasteiger partial charge in [-0.3, -0.25) is 14.4 Å². The number of aromatic hydroxyl groups is 1. The molecule has 0 unspecified atom stereocenters. The van der Waals surface area contributed by atoms with Crippen LogP contribution in [0.5, 0.6) is 5.75 Å². The number of hydrogen-bond acceptors (Lipinski definition) is 8. The zero-order chi connectivity index (χ0) is 23.0. The number of phenolic OH excluding ortho intramolecular Hbond substituents is 1. The Morgan fingerprint density at radius 2 is 1.48 bits per heavy atom. The summed E-state index contributed by atoms with van der Waals surface area (Å²) in [5.41, 5.74) is 3.03. The standard InChI is InChI=1S/C22H23NO7Si/c1-15(24)28-31(29-16(2)25,30-17(3)26)12-4-5-20-13-21(27)10-11-22(20)19-8-6-18(14-23)7-9-19/h6-11,13,27H,4-5,12H2,1-3H3. The molecular weight excluding hydrogens is 418 g/mol. The normalized spacial score (nSPS) is 10.6. The van der Waals surface area contributed by atoms with Crippen LogP contribution in [0.15, 0.2) is 42.5 Å². The summed E-state index contributed by atoms with van der Waals surface area (Å²) in [7, 11) is -3.91. The number of carbonyl (C=O) groups excluding carboxylic acids is 3. The van der Waals surface area contributed by atoms with Crippen molar-refractivity contribution in [2.75, 3.05) is 0 Å². The summed E-state index contributed by atoms with van der Waals surface area (Å²) in [4.78, 5) is 34.7. The average Bonchev–Trinajstić information content (AvgIpc) is 2.66. The van der Waals surface area contributed by atoms with Crippen LogP contribution in [0.2, 0.25) is 6.04 Å². The van der Waals surface area contributed by atoms with Crippen LogP contribution in [0.4, 0.5) is 0 Å². The van der Waals surface area contributed by atoms with Gasteiger partial charge < -0.3 is 18.4 Å². The maximum atomic E-state index is 11.6. The second kappa shape index (κ2) is 10.4. The van der Waals surface area contributed by atoms with Crippen LogP contribution in [0.25, 0.3) is 11.1 Å². The van der Waals surface area contributed by atoms with Gasteiger partial charge in [-0.2, -0.15) is 5.26 Å². The fourth-order valence-electron chi connectivity index (χ4n) is 3.16. The molecule has 0 aliphatic carbocycles. The quantitative estimate of drug-likeness (QED) is 0.618. The Balaban J connectivity index is 2.27. The third-order valence-electron chi connectivity index (χ3n) is 4.24. The van der Waals surface area contributed by atoms with Crippen LogP contribution in [0, 0.1) is 11.3 Å². The number of nitrogens with zero attached hydrogens (tertiary/aromatic N) is 1. The molecule has 2 aromatic rings. The smallest absolute Gasteiger partial charge is 0.508 e. The highest BCUT2D eigenvalue weighted by Gasteiger charge is 2.51. The van der Waals surface area contributed by atoms with E-state index in [0.717, 1.165) is 37.5 Å². The van der Waals surface area contributed by atoms with Crippen molar-refractivity contribution in [1.82, 2.24) is 0 Å². The Morgan fingerprint density at radius 1 is 0.935 bits per heavy atom. The van der Waals surface area contributed by atoms with E-state index < -0.39 is 26.7 Å². The Kier molecular flexibility index (Phi) is 7.93. The van der Waals surface area contributed by atoms with Gasteiger partial charge in [0.05, 0.1) is 17.7 Å². The highest BCUT2D eigenvalue weighted by molar-refractivity contribution is 6.65. The molecule has 0 amide bonds. The molecule has 2 aromatic carbocycles. The zero-order valence-corrected chi connectivity index (χ0v) is 18.5. The summed E-state index contributed by atoms with van der Waals surface area (Å²) in [5, 5.41) is 18.9. The van der Waals surface area contributed by atoms with Gasteiger partial charge in [0.25, 0.3) is 17.9 Å². The predicted octanol–water partition coefficient (Wildman–Crippen LogP) is 3.49. The van der Waals surface area contributed by atoms with Crippen molar-refractivity contribution in [3.05, 3.63) is 53.6 Å². The van der Waals surface area contributed by atoms with E-state index in [1.807, 2.05) is 12.1 Å². The van der Waals surface area contributed by atoms with Crippen molar-refractivity contribution < 1.29 is 32.8 Å². The van der Waals surface area contributed by atoms with Gasteiger partial charge in [-0.15, -0.1) is 0 Å². The summed E-state index contributed by atoms with van der Waals surface area (Å²) < 4.78 is 15.6. The molecule has 2 rings (SSSR count). The Morgan fingerprint density at radius 3 is 1.97 bits per heavy atom. The molecular formula is C22H23NO7Si. The number of benzene rings is 2. The number of hydrogen-bond donors (Lipinski definition) is 1. The molecule has 0 heterocycles. The molecule has 0 radical (unpaired) electrons. The van der Waals surface area contributed by atoms with Crippen LogP contribution >= 0.6 is 0 Å². The molecule has 0 saturated carbocycles. The summed E-state index contributed by atoms with van der Waals surface area (Å²) in [6, 6.07) is 14.1. The molecule has 0 aliphatic rings. The van der Waals surface area contributed by atoms with E-state index in [0.29, 0.717) is 18.4 Å². The van der Waals surface area contributed by atoms with Crippen molar-refractivity contribution in [1.29, 1.82) is 5.26 Å². The summed E-state index contributed by atoms with van der Waals surface area (Å²) in [5.74, 6) is -2.07. The third kappa shape index (κ3) is 6.97. The van der Waals surface area contributed by atoms with E-state index >= 15 is 0 Å². The first-order chi connectivity index (χ1) is 14.6. The van der Waals surface area contributed by atoms with Crippen molar-refractivity contribution in [3.63, 3.8) is 0 Å². The molecule has 0 aliphatic heterocycles. The first-order valence-electron chi connectivity index (χ1n) is 9.55. The number of nitriles is 1. The van der Waals surface area contributed by atoms with E-state index in [4.69, 9.17) is 18.5 Å². The first kappa shape index (κ1) is 23.6. The lowest BCUT2D eigenvalue weighted by Gasteiger charge is -2.26. The lowest BCUT2D eigenvalue weighted by molar-refractivity contribution is -0.147. The van der Waals surface area contributed by atoms with Crippen LogP contribution in [-0.4, -0.2) is 31.8 Å². The zero-order valence-electron chi connectivity index (χ0n) is 17.5. The molecule has 0 fully saturated rings. The van der Waals surface area contributed by atoms with E-state index in [2.05, 4.69) is 6.07 Å². The fourth-order valence-corrected chi connectivity index (χ4v) is 5.52. The minimum Gasteiger partial charge on any atom is -0.508 e. The second-order valence-electron chi connectivity index (χ2n) is 6.85. The minimum atomic E-state index is -3.91. The fraction of sp³-hybridized carbons (Fsp3) is 0.273. The topological polar surface area (TPSA) is 123 Å². The Labute approximate surface area is 181 Å². The maximum Gasteiger partial charge on any atom is 0.705 e. The van der Waals surface area contributed by atoms with Crippen molar-refractivity contribution >= 4 is 26.7 Å². The molecule has 0 spiro atoms. The molecule has 9 heteroatoms. The van der Waals surface area contributed by atoms with Crippen LogP contribution in [0.1, 0.15) is 38.3 Å². The molecule has 0 atom stereocenters. The molecule has 8 nitrogen and oxygen atoms in total. The second-order valence-corrected chi connectivity index (χ2v) is 9.33. The lowest BCUT2D eigenvalue weighted by Crippen LogP contribution is -2.49. The van der Waals surface area contributed by atoms with Crippen molar-refractivity contribution in [2.45, 2.75) is 39.7 Å². The summed E-state index contributed by atoms with van der Waals surface area (Å²) in [6.07, 6.45) is 0.773. The molecule has 0 aromatic heterocycles. The van der Waals surface area contributed by atoms with Crippen LogP contribution < -0.4 is 0 Å². The number of aryl methyl sites for hydroxylation is 1. The van der Waals surface area contributed by atoms with Gasteiger partial charge in [0.2, 0.25) is 0 Å². The monoisotopic (exact) mass is 441 g/mol. The van der Waals surface area contributed by atoms with E-state index in [-0.39, 0.29) is 11.8 Å². The number of carbonyl (C=O) groups is 3. The van der Waals surface area contributed by atoms with E-state index in [1.165, 1.54) is 0 Å². The van der Waals surface area contributed by atoms with Gasteiger partial charge >= 0.3 is 8.80 Å². The van der Waals surface area contributed by atoms with Gasteiger partial charge in [0.15, 0.2) is 0 Å². The number of phenols is 1. The highest BCUT2D eigenvalue weighted by atomic mass is 28.4. The Bertz CT molecular complexity index is 971. The molecule has 31 heavy (non-hydrogen) atoms. The van der Waals surface area contributed by atoms with E-state index in [9.17, 15) is 19.5 Å². The van der Waals surface area contributed by atoms with Crippen molar-refractivity contribution in [2.24, 2.45) is 0 Å². The summed E-state index contributed by atoms with van der Waals surface area (Å²) in [6.45, 7) is 3.44. The van der Waals surface area contributed by atoms with Gasteiger partial charge in [0, 0.05) is 20.8 Å². The van der Waals surface area contributed by atoms with Crippen molar-refractivity contribution in [3.8, 4) is 22.9 Å².